The Kier molecular flexibility index (Phi) is 35.6. The second kappa shape index (κ2) is 39.8. The first-order valence-electron chi connectivity index (χ1n) is 48.0. The van der Waals surface area contributed by atoms with Gasteiger partial charge in [0.2, 0.25) is 0 Å². The van der Waals surface area contributed by atoms with Gasteiger partial charge in [0.05, 0.1) is 12.2 Å². The number of alkyl halides is 5. The molecule has 14 bridgehead atoms. The SMILES string of the molecule is C.C.CC(C)(C)C1C2C=CC1CC2.CC(C)(C)C1C2CCC1CC2.CC(C)(C)C1CC2C(C1)C2(F)F.CC(C)(C)C1CC2CC2C1.CC(C)(C)C1CC2CCC(C1)N2.CC(C)(C)C1CC2CCC(C1)N2.CC(C)(C)C1CC2CCC(C1)O2.CC(C)(C)C1CC2CCC1C2.CC(C)(C)C1CC2CCC1C2.CC(C)=O.CCC(F)(F)F. The van der Waals surface area contributed by atoms with E-state index in [1.807, 2.05) is 0 Å². The predicted octanol–water partition coefficient (Wildman–Crippen LogP) is 32.0. The lowest BCUT2D eigenvalue weighted by atomic mass is 9.72. The highest BCUT2D eigenvalue weighted by Crippen LogP contribution is 2.68. The minimum absolute atomic E-state index is 0. The van der Waals surface area contributed by atoms with Crippen molar-refractivity contribution in [1.29, 1.82) is 0 Å². The number of piperidine rings is 2. The highest BCUT2D eigenvalue weighted by Gasteiger charge is 2.72. The smallest absolute Gasteiger partial charge is 0.375 e. The fourth-order valence-corrected chi connectivity index (χ4v) is 26.4. The van der Waals surface area contributed by atoms with Crippen LogP contribution in [0, 0.1) is 173 Å². The Bertz CT molecular complexity index is 2640. The van der Waals surface area contributed by atoms with Crippen molar-refractivity contribution >= 4 is 5.78 Å². The molecule has 11 saturated carbocycles. The molecule has 2 N–H and O–H groups in total. The quantitative estimate of drug-likeness (QED) is 0.187. The van der Waals surface area contributed by atoms with Crippen LogP contribution in [0.4, 0.5) is 22.0 Å². The molecule has 0 aromatic heterocycles. The molecule has 0 aromatic carbocycles. The summed E-state index contributed by atoms with van der Waals surface area (Å²) in [5, 5.41) is 7.38. The molecular formula is C105H193F5N2O2. The minimum atomic E-state index is -3.96. The monoisotopic (exact) mass is 1610 g/mol. The number of ketones is 1. The molecule has 18 aliphatic rings. The van der Waals surface area contributed by atoms with Gasteiger partial charge in [-0.2, -0.15) is 13.2 Å². The van der Waals surface area contributed by atoms with E-state index in [0.29, 0.717) is 61.4 Å². The molecule has 0 radical (unpaired) electrons. The van der Waals surface area contributed by atoms with Gasteiger partial charge in [0.25, 0.3) is 5.92 Å². The molecule has 6 aliphatic heterocycles. The van der Waals surface area contributed by atoms with Crippen LogP contribution in [0.1, 0.15) is 428 Å². The Morgan fingerprint density at radius 1 is 0.333 bits per heavy atom. The molecule has 4 nitrogen and oxygen atoms in total. The molecular weight excluding hydrogens is 1420 g/mol. The lowest BCUT2D eigenvalue weighted by molar-refractivity contribution is -0.130. The molecule has 9 heteroatoms. The van der Waals surface area contributed by atoms with Crippen molar-refractivity contribution in [3.63, 3.8) is 0 Å². The number of hydrogen-bond acceptors (Lipinski definition) is 4. The van der Waals surface area contributed by atoms with E-state index >= 15 is 0 Å². The Morgan fingerprint density at radius 3 is 0.825 bits per heavy atom. The van der Waals surface area contributed by atoms with E-state index < -0.39 is 18.5 Å². The first-order valence-corrected chi connectivity index (χ1v) is 48.0. The molecule has 12 aliphatic carbocycles. The van der Waals surface area contributed by atoms with Crippen LogP contribution in [0.25, 0.3) is 0 Å². The summed E-state index contributed by atoms with van der Waals surface area (Å²) in [6.45, 7) is 68.1. The van der Waals surface area contributed by atoms with Crippen molar-refractivity contribution in [1.82, 2.24) is 10.6 Å². The molecule has 17 fully saturated rings. The Morgan fingerprint density at radius 2 is 0.614 bits per heavy atom. The predicted molar refractivity (Wildman–Crippen MR) is 482 cm³/mol. The maximum atomic E-state index is 12.8. The Labute approximate surface area is 705 Å². The third-order valence-corrected chi connectivity index (χ3v) is 33.3. The highest BCUT2D eigenvalue weighted by molar-refractivity contribution is 5.72. The van der Waals surface area contributed by atoms with Crippen LogP contribution < -0.4 is 10.6 Å². The number of carbonyl (C=O) groups is 1. The average Bonchev–Trinajstić information content (AvgIpc) is 1.54. The number of Topliss-reactive ketones (excluding diaryl/α,β-unsaturated/α-hetero) is 1. The van der Waals surface area contributed by atoms with Gasteiger partial charge in [-0.15, -0.1) is 0 Å². The summed E-state index contributed by atoms with van der Waals surface area (Å²) in [7, 11) is 0. The largest absolute Gasteiger partial charge is 0.388 e. The molecule has 6 heterocycles. The molecule has 0 aromatic rings. The number of ether oxygens (including phenoxy) is 1. The van der Waals surface area contributed by atoms with Crippen LogP contribution in [0.15, 0.2) is 12.2 Å². The van der Waals surface area contributed by atoms with Crippen molar-refractivity contribution < 1.29 is 31.5 Å². The summed E-state index contributed by atoms with van der Waals surface area (Å²) in [6, 6.07) is 3.42. The van der Waals surface area contributed by atoms with Gasteiger partial charge in [0.15, 0.2) is 0 Å². The van der Waals surface area contributed by atoms with E-state index in [2.05, 4.69) is 210 Å². The highest BCUT2D eigenvalue weighted by atomic mass is 19.4. The summed E-state index contributed by atoms with van der Waals surface area (Å²) in [4.78, 5) is 9.44. The fourth-order valence-electron chi connectivity index (χ4n) is 26.4. The number of nitrogens with one attached hydrogen (secondary N) is 2. The lowest BCUT2D eigenvalue weighted by Crippen LogP contribution is -2.41. The summed E-state index contributed by atoms with van der Waals surface area (Å²) in [5.41, 5.74) is 4.64. The maximum Gasteiger partial charge on any atom is 0.388 e. The van der Waals surface area contributed by atoms with E-state index in [4.69, 9.17) is 4.74 Å². The van der Waals surface area contributed by atoms with Gasteiger partial charge >= 0.3 is 6.18 Å². The van der Waals surface area contributed by atoms with Crippen LogP contribution in [-0.2, 0) is 9.53 Å². The molecule has 0 amide bonds. The molecule has 18 atom stereocenters. The molecule has 6 saturated heterocycles. The van der Waals surface area contributed by atoms with Crippen LogP contribution >= 0.6 is 0 Å². The average molecular weight is 1610 g/mol. The molecule has 114 heavy (non-hydrogen) atoms. The van der Waals surface area contributed by atoms with Gasteiger partial charge in [0.1, 0.15) is 5.78 Å². The van der Waals surface area contributed by atoms with Crippen molar-refractivity contribution in [3.8, 4) is 0 Å². The second-order valence-corrected chi connectivity index (χ2v) is 51.5. The zero-order chi connectivity index (χ0) is 83.8. The zero-order valence-electron chi connectivity index (χ0n) is 79.1. The van der Waals surface area contributed by atoms with E-state index in [-0.39, 0.29) is 37.9 Å². The molecule has 0 spiro atoms. The number of allylic oxidation sites excluding steroid dienone is 2. The van der Waals surface area contributed by atoms with E-state index in [9.17, 15) is 26.7 Å². The first kappa shape index (κ1) is 102. The Hall–Kier alpha value is -1.06. The summed E-state index contributed by atoms with van der Waals surface area (Å²) in [5.74, 6) is 16.6. The van der Waals surface area contributed by atoms with Gasteiger partial charge in [-0.05, 0) is 361 Å². The fraction of sp³-hybridized carbons (Fsp3) is 0.971. The minimum Gasteiger partial charge on any atom is -0.375 e. The summed E-state index contributed by atoms with van der Waals surface area (Å²) < 4.78 is 63.8. The molecule has 18 unspecified atom stereocenters. The van der Waals surface area contributed by atoms with Gasteiger partial charge < -0.3 is 20.2 Å². The number of carbonyl (C=O) groups excluding carboxylic acids is 1. The Balaban J connectivity index is 0.000000196. The third-order valence-electron chi connectivity index (χ3n) is 33.3. The van der Waals surface area contributed by atoms with Crippen molar-refractivity contribution in [2.45, 2.75) is 477 Å². The maximum absolute atomic E-state index is 12.8. The van der Waals surface area contributed by atoms with Crippen molar-refractivity contribution in [2.75, 3.05) is 0 Å². The van der Waals surface area contributed by atoms with Crippen LogP contribution in [0.5, 0.6) is 0 Å². The lowest BCUT2D eigenvalue weighted by Gasteiger charge is -2.37. The number of halogens is 5. The number of hydrogen-bond donors (Lipinski definition) is 2. The number of rotatable bonds is 0. The summed E-state index contributed by atoms with van der Waals surface area (Å²) in [6.07, 6.45) is 45.5. The first-order chi connectivity index (χ1) is 51.2. The van der Waals surface area contributed by atoms with Crippen LogP contribution in [-0.4, -0.2) is 54.3 Å². The zero-order valence-corrected chi connectivity index (χ0v) is 79.1. The standard InChI is InChI=1S/2C11H21N.C11H20O.3C11H20.C11H18.C10H16F2.C10H18.C3H5F3.C3H6O.2CH4/c3*1-11(2,3)8-6-9-4-5-10(7-8)12-9;2*1-11(2,3)10-7-8-4-5-9(10)6-8;2*1-11(2,3)10-8-4-5-9(10)7-6-8;1-9(2,3)6-4-7-8(5-6)10(7,11)12;1-10(2,3)9-5-7-4-8(7)6-9;1-2-3(4,5)6;1-3(2)4;;/h2*8-10,12H,4-7H2,1-3H3;8-10H,4-7H2,1-3H3;3*8-10H,4-7H2,1-3H3;4-5,8-10H,6-7H2,1-3H3;6-8H,4-5H2,1-3H3;7-9H,4-6H2,1-3H3;2H2,1H3;1-2H3;2*1H4. The van der Waals surface area contributed by atoms with E-state index in [0.717, 1.165) is 150 Å². The second-order valence-electron chi connectivity index (χ2n) is 51.5. The van der Waals surface area contributed by atoms with Gasteiger partial charge in [-0.3, -0.25) is 0 Å². The van der Waals surface area contributed by atoms with Crippen molar-refractivity contribution in [3.05, 3.63) is 12.2 Å². The molecule has 18 rings (SSSR count). The van der Waals surface area contributed by atoms with Crippen LogP contribution in [0.3, 0.4) is 0 Å². The van der Waals surface area contributed by atoms with Gasteiger partial charge in [-0.25, -0.2) is 8.78 Å². The van der Waals surface area contributed by atoms with Gasteiger partial charge in [0, 0.05) is 42.4 Å². The summed E-state index contributed by atoms with van der Waals surface area (Å²) >= 11 is 0. The topological polar surface area (TPSA) is 50.4 Å². The van der Waals surface area contributed by atoms with Crippen LogP contribution in [0.2, 0.25) is 0 Å². The third kappa shape index (κ3) is 29.6. The van der Waals surface area contributed by atoms with Gasteiger partial charge in [-0.1, -0.05) is 234 Å². The van der Waals surface area contributed by atoms with E-state index in [1.54, 1.807) is 19.3 Å². The van der Waals surface area contributed by atoms with E-state index in [1.165, 1.54) is 181 Å². The number of fused-ring (bicyclic) bond motifs is 16. The van der Waals surface area contributed by atoms with Crippen molar-refractivity contribution in [2.24, 2.45) is 173 Å². The molecule has 670 valence electrons. The normalized spacial score (nSPS) is 39.3.